The van der Waals surface area contributed by atoms with Crippen molar-refractivity contribution in [3.63, 3.8) is 0 Å². The molecule has 0 radical (unpaired) electrons. The number of hydrogen-bond donors (Lipinski definition) is 5. The molecule has 118 valence electrons. The normalized spacial score (nSPS) is 16.6. The first-order valence-electron chi connectivity index (χ1n) is 6.83. The zero-order valence-corrected chi connectivity index (χ0v) is 12.6. The van der Waals surface area contributed by atoms with Crippen molar-refractivity contribution in [3.05, 3.63) is 47.0 Å². The van der Waals surface area contributed by atoms with E-state index < -0.39 is 0 Å². The molecular weight excluding hydrogens is 306 g/mol. The summed E-state index contributed by atoms with van der Waals surface area (Å²) in [7, 11) is 0. The molecule has 0 fully saturated rings. The lowest BCUT2D eigenvalue weighted by atomic mass is 9.90. The van der Waals surface area contributed by atoms with Crippen LogP contribution in [0.15, 0.2) is 30.3 Å². The van der Waals surface area contributed by atoms with Crippen LogP contribution in [0.3, 0.4) is 0 Å². The lowest BCUT2D eigenvalue weighted by Crippen LogP contribution is -2.31. The van der Waals surface area contributed by atoms with E-state index in [0.717, 1.165) is 29.7 Å². The quantitative estimate of drug-likeness (QED) is 0.547. The second-order valence-corrected chi connectivity index (χ2v) is 5.32. The molecule has 5 N–H and O–H groups in total. The summed E-state index contributed by atoms with van der Waals surface area (Å²) in [5.74, 6) is -0.511. The number of benzene rings is 2. The third-order valence-corrected chi connectivity index (χ3v) is 3.88. The van der Waals surface area contributed by atoms with Crippen LogP contribution in [0.5, 0.6) is 23.0 Å². The first kappa shape index (κ1) is 16.3. The molecule has 22 heavy (non-hydrogen) atoms. The average molecular weight is 324 g/mol. The smallest absolute Gasteiger partial charge is 0.157 e. The second kappa shape index (κ2) is 6.34. The van der Waals surface area contributed by atoms with Crippen LogP contribution < -0.4 is 5.32 Å². The van der Waals surface area contributed by atoms with Gasteiger partial charge in [-0.15, -0.1) is 12.4 Å². The Balaban J connectivity index is 0.00000176. The predicted molar refractivity (Wildman–Crippen MR) is 84.9 cm³/mol. The van der Waals surface area contributed by atoms with Crippen LogP contribution in [0.1, 0.15) is 22.7 Å². The molecule has 6 heteroatoms. The summed E-state index contributed by atoms with van der Waals surface area (Å²) in [6.45, 7) is 0.784. The van der Waals surface area contributed by atoms with Crippen molar-refractivity contribution in [1.82, 2.24) is 5.32 Å². The fraction of sp³-hybridized carbons (Fsp3) is 0.250. The maximum absolute atomic E-state index is 9.69. The van der Waals surface area contributed by atoms with Crippen molar-refractivity contribution in [1.29, 1.82) is 0 Å². The molecular formula is C16H18ClNO4. The number of aromatic hydroxyl groups is 4. The first-order chi connectivity index (χ1) is 10.0. The molecule has 0 saturated carbocycles. The molecule has 1 aliphatic rings. The Bertz CT molecular complexity index is 690. The van der Waals surface area contributed by atoms with E-state index in [2.05, 4.69) is 5.32 Å². The highest BCUT2D eigenvalue weighted by atomic mass is 35.5. The van der Waals surface area contributed by atoms with Gasteiger partial charge in [0.25, 0.3) is 0 Å². The van der Waals surface area contributed by atoms with E-state index in [4.69, 9.17) is 0 Å². The monoisotopic (exact) mass is 323 g/mol. The standard InChI is InChI=1S/C16H17NO4.ClH/c18-13-2-1-9(6-14(13)19)5-12-11-8-16(21)15(20)7-10(11)3-4-17-12;/h1-2,6-8,12,17-21H,3-5H2;1H/t12-;/m1./s1. The van der Waals surface area contributed by atoms with Gasteiger partial charge in [0.15, 0.2) is 23.0 Å². The summed E-state index contributed by atoms with van der Waals surface area (Å²) in [6, 6.07) is 7.93. The number of hydrogen-bond acceptors (Lipinski definition) is 5. The number of nitrogens with one attached hydrogen (secondary N) is 1. The number of phenolic OH excluding ortho intramolecular Hbond substituents is 4. The maximum Gasteiger partial charge on any atom is 0.157 e. The van der Waals surface area contributed by atoms with Crippen molar-refractivity contribution in [2.24, 2.45) is 0 Å². The van der Waals surface area contributed by atoms with Gasteiger partial charge in [-0.05, 0) is 60.3 Å². The molecule has 0 saturated heterocycles. The molecule has 0 unspecified atom stereocenters. The molecule has 1 atom stereocenters. The number of rotatable bonds is 2. The minimum atomic E-state index is -0.142. The Kier molecular flexibility index (Phi) is 4.68. The van der Waals surface area contributed by atoms with E-state index in [1.54, 1.807) is 18.2 Å². The van der Waals surface area contributed by atoms with Gasteiger partial charge < -0.3 is 25.7 Å². The van der Waals surface area contributed by atoms with Crippen molar-refractivity contribution < 1.29 is 20.4 Å². The van der Waals surface area contributed by atoms with Crippen molar-refractivity contribution in [2.75, 3.05) is 6.54 Å². The fourth-order valence-electron chi connectivity index (χ4n) is 2.78. The van der Waals surface area contributed by atoms with Crippen LogP contribution in [-0.2, 0) is 12.8 Å². The first-order valence-corrected chi connectivity index (χ1v) is 6.83. The van der Waals surface area contributed by atoms with E-state index in [-0.39, 0.29) is 41.4 Å². The van der Waals surface area contributed by atoms with Gasteiger partial charge in [0.1, 0.15) is 0 Å². The minimum Gasteiger partial charge on any atom is -0.504 e. The van der Waals surface area contributed by atoms with Gasteiger partial charge in [0, 0.05) is 6.04 Å². The van der Waals surface area contributed by atoms with Crippen LogP contribution in [-0.4, -0.2) is 27.0 Å². The number of phenols is 4. The molecule has 2 aromatic rings. The van der Waals surface area contributed by atoms with E-state index in [1.165, 1.54) is 12.1 Å². The van der Waals surface area contributed by atoms with Gasteiger partial charge in [-0.2, -0.15) is 0 Å². The topological polar surface area (TPSA) is 93.0 Å². The molecule has 1 heterocycles. The largest absolute Gasteiger partial charge is 0.504 e. The van der Waals surface area contributed by atoms with Gasteiger partial charge in [0.2, 0.25) is 0 Å². The Labute approximate surface area is 134 Å². The molecule has 0 aromatic heterocycles. The Morgan fingerprint density at radius 1 is 0.909 bits per heavy atom. The Hall–Kier alpha value is -2.11. The minimum absolute atomic E-state index is 0. The summed E-state index contributed by atoms with van der Waals surface area (Å²) in [5.41, 5.74) is 2.84. The molecule has 3 rings (SSSR count). The SMILES string of the molecule is Cl.Oc1ccc(C[C@H]2NCCc3cc(O)c(O)cc32)cc1O. The Morgan fingerprint density at radius 2 is 1.59 bits per heavy atom. The summed E-state index contributed by atoms with van der Waals surface area (Å²) in [6.07, 6.45) is 1.41. The highest BCUT2D eigenvalue weighted by molar-refractivity contribution is 5.85. The van der Waals surface area contributed by atoms with Gasteiger partial charge in [0.05, 0.1) is 0 Å². The zero-order valence-electron chi connectivity index (χ0n) is 11.8. The summed E-state index contributed by atoms with van der Waals surface area (Å²) >= 11 is 0. The lowest BCUT2D eigenvalue weighted by molar-refractivity contribution is 0.397. The van der Waals surface area contributed by atoms with Gasteiger partial charge in [-0.3, -0.25) is 0 Å². The molecule has 0 bridgehead atoms. The van der Waals surface area contributed by atoms with Gasteiger partial charge in [-0.25, -0.2) is 0 Å². The summed E-state index contributed by atoms with van der Waals surface area (Å²) in [5, 5.41) is 41.6. The van der Waals surface area contributed by atoms with Gasteiger partial charge in [-0.1, -0.05) is 6.07 Å². The van der Waals surface area contributed by atoms with Crippen LogP contribution >= 0.6 is 12.4 Å². The lowest BCUT2D eigenvalue weighted by Gasteiger charge is -2.27. The third kappa shape index (κ3) is 3.05. The highest BCUT2D eigenvalue weighted by Crippen LogP contribution is 2.35. The Morgan fingerprint density at radius 3 is 2.32 bits per heavy atom. The summed E-state index contributed by atoms with van der Waals surface area (Å²) in [4.78, 5) is 0. The number of halogens is 1. The molecule has 0 aliphatic carbocycles. The molecule has 2 aromatic carbocycles. The van der Waals surface area contributed by atoms with E-state index in [9.17, 15) is 20.4 Å². The molecule has 5 nitrogen and oxygen atoms in total. The highest BCUT2D eigenvalue weighted by Gasteiger charge is 2.22. The van der Waals surface area contributed by atoms with Crippen LogP contribution in [0.4, 0.5) is 0 Å². The fourth-order valence-corrected chi connectivity index (χ4v) is 2.78. The van der Waals surface area contributed by atoms with E-state index in [1.807, 2.05) is 0 Å². The van der Waals surface area contributed by atoms with E-state index >= 15 is 0 Å². The summed E-state index contributed by atoms with van der Waals surface area (Å²) < 4.78 is 0. The predicted octanol–water partition coefficient (Wildman–Crippen LogP) is 2.36. The molecule has 0 spiro atoms. The molecule has 1 aliphatic heterocycles. The van der Waals surface area contributed by atoms with Crippen molar-refractivity contribution in [2.45, 2.75) is 18.9 Å². The zero-order chi connectivity index (χ0) is 15.0. The van der Waals surface area contributed by atoms with Crippen LogP contribution in [0.2, 0.25) is 0 Å². The van der Waals surface area contributed by atoms with Crippen LogP contribution in [0.25, 0.3) is 0 Å². The van der Waals surface area contributed by atoms with Gasteiger partial charge >= 0.3 is 0 Å². The van der Waals surface area contributed by atoms with Crippen LogP contribution in [0, 0.1) is 0 Å². The second-order valence-electron chi connectivity index (χ2n) is 5.32. The third-order valence-electron chi connectivity index (χ3n) is 3.88. The number of fused-ring (bicyclic) bond motifs is 1. The van der Waals surface area contributed by atoms with Crippen molar-refractivity contribution >= 4 is 12.4 Å². The van der Waals surface area contributed by atoms with Crippen molar-refractivity contribution in [3.8, 4) is 23.0 Å². The van der Waals surface area contributed by atoms with E-state index in [0.29, 0.717) is 6.42 Å². The molecule has 0 amide bonds. The maximum atomic E-state index is 9.69. The average Bonchev–Trinajstić information content (AvgIpc) is 2.45.